The van der Waals surface area contributed by atoms with Crippen LogP contribution in [0.1, 0.15) is 30.4 Å². The van der Waals surface area contributed by atoms with E-state index in [0.717, 1.165) is 18.2 Å². The molecule has 0 radical (unpaired) electrons. The molecule has 2 aromatic carbocycles. The first-order valence-corrected chi connectivity index (χ1v) is 9.67. The molecule has 0 aromatic heterocycles. The Balaban J connectivity index is 2.04. The van der Waals surface area contributed by atoms with Crippen LogP contribution in [-0.2, 0) is 20.9 Å². The van der Waals surface area contributed by atoms with E-state index in [1.807, 2.05) is 0 Å². The summed E-state index contributed by atoms with van der Waals surface area (Å²) in [6, 6.07) is 10.0. The van der Waals surface area contributed by atoms with Gasteiger partial charge in [-0.2, -0.15) is 0 Å². The second-order valence-corrected chi connectivity index (χ2v) is 7.39. The van der Waals surface area contributed by atoms with Gasteiger partial charge in [0.05, 0.1) is 12.1 Å². The lowest BCUT2D eigenvalue weighted by atomic mass is 9.83. The molecule has 0 spiro atoms. The van der Waals surface area contributed by atoms with Gasteiger partial charge in [0.2, 0.25) is 5.91 Å². The molecule has 30 heavy (non-hydrogen) atoms. The molecule has 0 saturated heterocycles. The van der Waals surface area contributed by atoms with E-state index >= 15 is 0 Å². The molecule has 0 fully saturated rings. The third-order valence-electron chi connectivity index (χ3n) is 4.89. The fourth-order valence-electron chi connectivity index (χ4n) is 3.57. The van der Waals surface area contributed by atoms with Crippen LogP contribution in [0.2, 0.25) is 5.02 Å². The molecular weight excluding hydrogens is 412 g/mol. The largest absolute Gasteiger partial charge is 0.458 e. The van der Waals surface area contributed by atoms with Gasteiger partial charge in [0, 0.05) is 29.1 Å². The number of carbonyl (C=O) groups is 2. The molecule has 1 heterocycles. The summed E-state index contributed by atoms with van der Waals surface area (Å²) in [6.07, 6.45) is 1.44. The van der Waals surface area contributed by atoms with Gasteiger partial charge >= 0.3 is 5.97 Å². The Morgan fingerprint density at radius 1 is 1.27 bits per heavy atom. The fraction of sp³-hybridized carbons (Fsp3) is 0.217. The maximum Gasteiger partial charge on any atom is 0.336 e. The van der Waals surface area contributed by atoms with Crippen LogP contribution in [0.15, 0.2) is 66.4 Å². The molecule has 2 aromatic rings. The molecular formula is C23H20ClF2NO3. The van der Waals surface area contributed by atoms with E-state index in [-0.39, 0.29) is 31.0 Å². The molecule has 3 rings (SSSR count). The molecule has 0 aliphatic carbocycles. The highest BCUT2D eigenvalue weighted by molar-refractivity contribution is 6.30. The van der Waals surface area contributed by atoms with E-state index in [4.69, 9.17) is 16.3 Å². The molecule has 1 atom stereocenters. The van der Waals surface area contributed by atoms with E-state index < -0.39 is 23.5 Å². The fourth-order valence-corrected chi connectivity index (χ4v) is 3.77. The monoisotopic (exact) mass is 431 g/mol. The number of esters is 1. The Morgan fingerprint density at radius 2 is 1.97 bits per heavy atom. The average Bonchev–Trinajstić information content (AvgIpc) is 2.68. The van der Waals surface area contributed by atoms with Crippen LogP contribution < -0.4 is 0 Å². The molecule has 0 saturated carbocycles. The highest BCUT2D eigenvalue weighted by atomic mass is 35.5. The average molecular weight is 432 g/mol. The van der Waals surface area contributed by atoms with Crippen molar-refractivity contribution in [1.29, 1.82) is 0 Å². The van der Waals surface area contributed by atoms with Crippen molar-refractivity contribution < 1.29 is 23.1 Å². The summed E-state index contributed by atoms with van der Waals surface area (Å²) in [5.74, 6) is -2.88. The molecule has 156 valence electrons. The molecule has 1 amide bonds. The highest BCUT2D eigenvalue weighted by Crippen LogP contribution is 2.38. The zero-order valence-electron chi connectivity index (χ0n) is 16.3. The summed E-state index contributed by atoms with van der Waals surface area (Å²) in [4.78, 5) is 27.1. The molecule has 1 aliphatic heterocycles. The Kier molecular flexibility index (Phi) is 6.67. The van der Waals surface area contributed by atoms with Crippen LogP contribution in [0.3, 0.4) is 0 Å². The van der Waals surface area contributed by atoms with E-state index in [1.165, 1.54) is 11.0 Å². The minimum atomic E-state index is -0.737. The summed E-state index contributed by atoms with van der Waals surface area (Å²) in [7, 11) is 0. The smallest absolute Gasteiger partial charge is 0.336 e. The van der Waals surface area contributed by atoms with Crippen LogP contribution >= 0.6 is 11.6 Å². The van der Waals surface area contributed by atoms with Gasteiger partial charge in [-0.3, -0.25) is 4.79 Å². The van der Waals surface area contributed by atoms with E-state index in [9.17, 15) is 18.4 Å². The number of benzene rings is 2. The first-order valence-electron chi connectivity index (χ1n) is 9.29. The van der Waals surface area contributed by atoms with E-state index in [2.05, 4.69) is 6.58 Å². The van der Waals surface area contributed by atoms with Crippen molar-refractivity contribution in [3.8, 4) is 0 Å². The quantitative estimate of drug-likeness (QED) is 0.470. The number of nitrogens with zero attached hydrogens (tertiary/aromatic N) is 1. The SMILES string of the molecule is C=CCOC(=O)C1=C(C)N(Cc2cc(F)cc(F)c2)C(=O)CC1c1cccc(Cl)c1. The number of allylic oxidation sites excluding steroid dienone is 1. The normalized spacial score (nSPS) is 16.6. The predicted octanol–water partition coefficient (Wildman–Crippen LogP) is 5.14. The van der Waals surface area contributed by atoms with Crippen LogP contribution in [0.25, 0.3) is 0 Å². The van der Waals surface area contributed by atoms with Gasteiger partial charge in [0.15, 0.2) is 0 Å². The lowest BCUT2D eigenvalue weighted by Crippen LogP contribution is -2.38. The first kappa shape index (κ1) is 21.7. The number of hydrogen-bond acceptors (Lipinski definition) is 3. The van der Waals surface area contributed by atoms with E-state index in [0.29, 0.717) is 21.9 Å². The van der Waals surface area contributed by atoms with Gasteiger partial charge in [-0.1, -0.05) is 36.4 Å². The molecule has 0 N–H and O–H groups in total. The summed E-state index contributed by atoms with van der Waals surface area (Å²) in [5, 5.41) is 0.481. The lowest BCUT2D eigenvalue weighted by molar-refractivity contribution is -0.139. The zero-order valence-corrected chi connectivity index (χ0v) is 17.1. The Bertz CT molecular complexity index is 1010. The van der Waals surface area contributed by atoms with Gasteiger partial charge in [0.25, 0.3) is 0 Å². The van der Waals surface area contributed by atoms with E-state index in [1.54, 1.807) is 31.2 Å². The minimum absolute atomic E-state index is 0.00595. The third kappa shape index (κ3) is 4.76. The second-order valence-electron chi connectivity index (χ2n) is 6.96. The maximum absolute atomic E-state index is 13.6. The summed E-state index contributed by atoms with van der Waals surface area (Å²) in [6.45, 7) is 5.10. The Labute approximate surface area is 178 Å². The Hall–Kier alpha value is -2.99. The first-order chi connectivity index (χ1) is 14.3. The van der Waals surface area contributed by atoms with Crippen molar-refractivity contribution in [2.45, 2.75) is 25.8 Å². The van der Waals surface area contributed by atoms with Gasteiger partial charge in [0.1, 0.15) is 18.2 Å². The van der Waals surface area contributed by atoms with Gasteiger partial charge < -0.3 is 9.64 Å². The zero-order chi connectivity index (χ0) is 21.8. The number of halogens is 3. The van der Waals surface area contributed by atoms with Crippen molar-refractivity contribution in [2.24, 2.45) is 0 Å². The number of hydrogen-bond donors (Lipinski definition) is 0. The number of rotatable bonds is 6. The van der Waals surface area contributed by atoms with Crippen LogP contribution in [0, 0.1) is 11.6 Å². The van der Waals surface area contributed by atoms with Crippen LogP contribution in [0.5, 0.6) is 0 Å². The molecule has 1 unspecified atom stereocenters. The van der Waals surface area contributed by atoms with Crippen molar-refractivity contribution in [3.05, 3.63) is 94.2 Å². The molecule has 0 bridgehead atoms. The number of amides is 1. The molecule has 7 heteroatoms. The standard InChI is InChI=1S/C23H20ClF2NO3/c1-3-7-30-23(29)22-14(2)27(13-15-8-18(25)11-19(26)9-15)21(28)12-20(22)16-5-4-6-17(24)10-16/h3-6,8-11,20H,1,7,12-13H2,2H3. The van der Waals surface area contributed by atoms with Crippen LogP contribution in [0.4, 0.5) is 8.78 Å². The molecule has 1 aliphatic rings. The van der Waals surface area contributed by atoms with Gasteiger partial charge in [-0.15, -0.1) is 0 Å². The lowest BCUT2D eigenvalue weighted by Gasteiger charge is -2.34. The minimum Gasteiger partial charge on any atom is -0.458 e. The number of carbonyl (C=O) groups excluding carboxylic acids is 2. The summed E-state index contributed by atoms with van der Waals surface area (Å²) >= 11 is 6.10. The topological polar surface area (TPSA) is 46.6 Å². The summed E-state index contributed by atoms with van der Waals surface area (Å²) in [5.41, 5.74) is 1.66. The van der Waals surface area contributed by atoms with Gasteiger partial charge in [-0.05, 0) is 42.3 Å². The maximum atomic E-state index is 13.6. The van der Waals surface area contributed by atoms with Crippen LogP contribution in [-0.4, -0.2) is 23.4 Å². The van der Waals surface area contributed by atoms with Crippen molar-refractivity contribution in [2.75, 3.05) is 6.61 Å². The predicted molar refractivity (Wildman–Crippen MR) is 110 cm³/mol. The van der Waals surface area contributed by atoms with Crippen molar-refractivity contribution in [3.63, 3.8) is 0 Å². The van der Waals surface area contributed by atoms with Crippen molar-refractivity contribution in [1.82, 2.24) is 4.90 Å². The highest BCUT2D eigenvalue weighted by Gasteiger charge is 2.37. The number of ether oxygens (including phenoxy) is 1. The van der Waals surface area contributed by atoms with Crippen molar-refractivity contribution >= 4 is 23.5 Å². The Morgan fingerprint density at radius 3 is 2.60 bits per heavy atom. The van der Waals surface area contributed by atoms with Gasteiger partial charge in [-0.25, -0.2) is 13.6 Å². The summed E-state index contributed by atoms with van der Waals surface area (Å²) < 4.78 is 32.4. The third-order valence-corrected chi connectivity index (χ3v) is 5.12. The second kappa shape index (κ2) is 9.22. The molecule has 4 nitrogen and oxygen atoms in total.